The highest BCUT2D eigenvalue weighted by atomic mass is 16.1. The van der Waals surface area contributed by atoms with Gasteiger partial charge in [-0.25, -0.2) is 0 Å². The molecule has 0 aliphatic heterocycles. The van der Waals surface area contributed by atoms with Crippen LogP contribution in [-0.4, -0.2) is 11.8 Å². The topological polar surface area (TPSA) is 86.2 Å². The lowest BCUT2D eigenvalue weighted by Crippen LogP contribution is -2.15. The standard InChI is InChI=1S/C9H10N2O2/c1-5-4-6(8(10)12)2-3-7(5)9(11)13/h2-4H,1H3,(H2,10,12)(H2,11,13). The Morgan fingerprint density at radius 3 is 2.15 bits per heavy atom. The van der Waals surface area contributed by atoms with Crippen molar-refractivity contribution in [2.75, 3.05) is 0 Å². The zero-order valence-electron chi connectivity index (χ0n) is 7.20. The number of benzene rings is 1. The highest BCUT2D eigenvalue weighted by molar-refractivity contribution is 5.97. The molecule has 0 aliphatic carbocycles. The largest absolute Gasteiger partial charge is 0.366 e. The minimum Gasteiger partial charge on any atom is -0.366 e. The van der Waals surface area contributed by atoms with Gasteiger partial charge in [0.05, 0.1) is 0 Å². The van der Waals surface area contributed by atoms with Gasteiger partial charge in [-0.15, -0.1) is 0 Å². The molecule has 0 saturated carbocycles. The second-order valence-electron chi connectivity index (χ2n) is 2.76. The van der Waals surface area contributed by atoms with Crippen LogP contribution in [0.5, 0.6) is 0 Å². The Kier molecular flexibility index (Phi) is 2.32. The molecule has 0 aliphatic rings. The van der Waals surface area contributed by atoms with Gasteiger partial charge in [0, 0.05) is 11.1 Å². The Morgan fingerprint density at radius 1 is 1.15 bits per heavy atom. The second-order valence-corrected chi connectivity index (χ2v) is 2.76. The van der Waals surface area contributed by atoms with Gasteiger partial charge in [0.1, 0.15) is 0 Å². The maximum atomic E-state index is 10.8. The number of primary amides is 2. The predicted molar refractivity (Wildman–Crippen MR) is 48.2 cm³/mol. The first-order valence-electron chi connectivity index (χ1n) is 3.72. The van der Waals surface area contributed by atoms with E-state index in [4.69, 9.17) is 11.5 Å². The zero-order valence-corrected chi connectivity index (χ0v) is 7.20. The van der Waals surface area contributed by atoms with Gasteiger partial charge in [-0.05, 0) is 30.7 Å². The molecule has 0 atom stereocenters. The number of aryl methyl sites for hydroxylation is 1. The smallest absolute Gasteiger partial charge is 0.248 e. The normalized spacial score (nSPS) is 9.62. The molecule has 4 N–H and O–H groups in total. The van der Waals surface area contributed by atoms with Crippen LogP contribution in [0.1, 0.15) is 26.3 Å². The monoisotopic (exact) mass is 178 g/mol. The van der Waals surface area contributed by atoms with Crippen molar-refractivity contribution in [3.63, 3.8) is 0 Å². The van der Waals surface area contributed by atoms with Gasteiger partial charge in [-0.3, -0.25) is 9.59 Å². The van der Waals surface area contributed by atoms with Gasteiger partial charge < -0.3 is 11.5 Å². The van der Waals surface area contributed by atoms with Gasteiger partial charge in [0.25, 0.3) is 0 Å². The summed E-state index contributed by atoms with van der Waals surface area (Å²) < 4.78 is 0. The van der Waals surface area contributed by atoms with Gasteiger partial charge in [-0.2, -0.15) is 0 Å². The molecule has 0 spiro atoms. The summed E-state index contributed by atoms with van der Waals surface area (Å²) in [6.07, 6.45) is 0. The summed E-state index contributed by atoms with van der Waals surface area (Å²) in [5, 5.41) is 0. The number of carbonyl (C=O) groups is 2. The second kappa shape index (κ2) is 3.26. The summed E-state index contributed by atoms with van der Waals surface area (Å²) in [5.74, 6) is -1.02. The lowest BCUT2D eigenvalue weighted by molar-refractivity contribution is 0.0987. The van der Waals surface area contributed by atoms with Crippen molar-refractivity contribution in [2.45, 2.75) is 6.92 Å². The summed E-state index contributed by atoms with van der Waals surface area (Å²) >= 11 is 0. The Bertz CT molecular complexity index is 372. The van der Waals surface area contributed by atoms with E-state index in [1.165, 1.54) is 12.1 Å². The Hall–Kier alpha value is -1.84. The molecule has 1 rings (SSSR count). The van der Waals surface area contributed by atoms with E-state index < -0.39 is 11.8 Å². The number of hydrogen-bond donors (Lipinski definition) is 2. The molecule has 0 bridgehead atoms. The molecule has 0 fully saturated rings. The van der Waals surface area contributed by atoms with Crippen molar-refractivity contribution >= 4 is 11.8 Å². The third-order valence-electron chi connectivity index (χ3n) is 1.78. The molecular formula is C9H10N2O2. The first-order valence-corrected chi connectivity index (χ1v) is 3.72. The maximum Gasteiger partial charge on any atom is 0.248 e. The molecular weight excluding hydrogens is 168 g/mol. The van der Waals surface area contributed by atoms with Gasteiger partial charge in [-0.1, -0.05) is 0 Å². The van der Waals surface area contributed by atoms with E-state index in [9.17, 15) is 9.59 Å². The van der Waals surface area contributed by atoms with E-state index >= 15 is 0 Å². The van der Waals surface area contributed by atoms with Crippen LogP contribution in [0.2, 0.25) is 0 Å². The Morgan fingerprint density at radius 2 is 1.77 bits per heavy atom. The third kappa shape index (κ3) is 1.84. The Balaban J connectivity index is 3.20. The number of carbonyl (C=O) groups excluding carboxylic acids is 2. The average molecular weight is 178 g/mol. The summed E-state index contributed by atoms with van der Waals surface area (Å²) in [5.41, 5.74) is 11.6. The van der Waals surface area contributed by atoms with E-state index in [1.807, 2.05) is 0 Å². The SMILES string of the molecule is Cc1cc(C(N)=O)ccc1C(N)=O. The fourth-order valence-corrected chi connectivity index (χ4v) is 1.09. The van der Waals surface area contributed by atoms with Crippen LogP contribution < -0.4 is 11.5 Å². The molecule has 1 aromatic carbocycles. The van der Waals surface area contributed by atoms with Crippen molar-refractivity contribution in [1.29, 1.82) is 0 Å². The van der Waals surface area contributed by atoms with Crippen molar-refractivity contribution in [3.8, 4) is 0 Å². The number of hydrogen-bond acceptors (Lipinski definition) is 2. The van der Waals surface area contributed by atoms with Gasteiger partial charge >= 0.3 is 0 Å². The molecule has 1 aromatic rings. The lowest BCUT2D eigenvalue weighted by Gasteiger charge is -2.02. The van der Waals surface area contributed by atoms with Crippen LogP contribution in [0.3, 0.4) is 0 Å². The van der Waals surface area contributed by atoms with E-state index in [1.54, 1.807) is 13.0 Å². The number of nitrogens with two attached hydrogens (primary N) is 2. The maximum absolute atomic E-state index is 10.8. The van der Waals surface area contributed by atoms with Crippen LogP contribution in [0, 0.1) is 6.92 Å². The number of rotatable bonds is 2. The van der Waals surface area contributed by atoms with E-state index in [-0.39, 0.29) is 0 Å². The minimum absolute atomic E-state index is 0.377. The van der Waals surface area contributed by atoms with Crippen LogP contribution in [0.15, 0.2) is 18.2 Å². The molecule has 13 heavy (non-hydrogen) atoms. The van der Waals surface area contributed by atoms with E-state index in [0.717, 1.165) is 0 Å². The van der Waals surface area contributed by atoms with Gasteiger partial charge in [0.2, 0.25) is 11.8 Å². The average Bonchev–Trinajstić information content (AvgIpc) is 2.03. The van der Waals surface area contributed by atoms with Crippen LogP contribution in [0.4, 0.5) is 0 Å². The van der Waals surface area contributed by atoms with Crippen LogP contribution in [-0.2, 0) is 0 Å². The van der Waals surface area contributed by atoms with E-state index in [2.05, 4.69) is 0 Å². The molecule has 2 amide bonds. The first-order chi connectivity index (χ1) is 6.02. The summed E-state index contributed by atoms with van der Waals surface area (Å²) in [7, 11) is 0. The van der Waals surface area contributed by atoms with Crippen molar-refractivity contribution in [1.82, 2.24) is 0 Å². The first kappa shape index (κ1) is 9.25. The quantitative estimate of drug-likeness (QED) is 0.677. The summed E-state index contributed by atoms with van der Waals surface area (Å²) in [6, 6.07) is 4.52. The van der Waals surface area contributed by atoms with Crippen LogP contribution in [0.25, 0.3) is 0 Å². The molecule has 68 valence electrons. The van der Waals surface area contributed by atoms with Gasteiger partial charge in [0.15, 0.2) is 0 Å². The fourth-order valence-electron chi connectivity index (χ4n) is 1.09. The van der Waals surface area contributed by atoms with Crippen LogP contribution >= 0.6 is 0 Å². The molecule has 0 heterocycles. The number of amides is 2. The molecule has 0 saturated heterocycles. The molecule has 0 unspecified atom stereocenters. The highest BCUT2D eigenvalue weighted by Gasteiger charge is 2.07. The summed E-state index contributed by atoms with van der Waals surface area (Å²) in [6.45, 7) is 1.70. The minimum atomic E-state index is -0.515. The highest BCUT2D eigenvalue weighted by Crippen LogP contribution is 2.09. The van der Waals surface area contributed by atoms with E-state index in [0.29, 0.717) is 16.7 Å². The molecule has 0 aromatic heterocycles. The van der Waals surface area contributed by atoms with Crippen molar-refractivity contribution < 1.29 is 9.59 Å². The molecule has 4 nitrogen and oxygen atoms in total. The fraction of sp³-hybridized carbons (Fsp3) is 0.111. The predicted octanol–water partition coefficient (Wildman–Crippen LogP) is 0.193. The third-order valence-corrected chi connectivity index (χ3v) is 1.78. The Labute approximate surface area is 75.5 Å². The summed E-state index contributed by atoms with van der Waals surface area (Å²) in [4.78, 5) is 21.5. The molecule has 0 radical (unpaired) electrons. The molecule has 4 heteroatoms. The van der Waals surface area contributed by atoms with Crippen molar-refractivity contribution in [3.05, 3.63) is 34.9 Å². The zero-order chi connectivity index (χ0) is 10.0. The van der Waals surface area contributed by atoms with Crippen molar-refractivity contribution in [2.24, 2.45) is 11.5 Å². The lowest BCUT2D eigenvalue weighted by atomic mass is 10.0.